The molecule has 1 unspecified atom stereocenters. The van der Waals surface area contributed by atoms with Crippen LogP contribution in [0, 0.1) is 6.92 Å². The highest BCUT2D eigenvalue weighted by molar-refractivity contribution is 8.00. The molecule has 1 aromatic heterocycles. The van der Waals surface area contributed by atoms with Gasteiger partial charge in [0.2, 0.25) is 11.1 Å². The number of carbonyl (C=O) groups is 1. The molecule has 1 heterocycles. The van der Waals surface area contributed by atoms with Gasteiger partial charge in [-0.05, 0) is 54.0 Å². The third kappa shape index (κ3) is 6.11. The van der Waals surface area contributed by atoms with Crippen LogP contribution >= 0.6 is 11.8 Å². The first-order valence-electron chi connectivity index (χ1n) is 11.5. The van der Waals surface area contributed by atoms with Crippen LogP contribution in [-0.2, 0) is 16.8 Å². The van der Waals surface area contributed by atoms with Gasteiger partial charge in [0.25, 0.3) is 0 Å². The lowest BCUT2D eigenvalue weighted by Gasteiger charge is -2.19. The van der Waals surface area contributed by atoms with E-state index in [4.69, 9.17) is 10.6 Å². The van der Waals surface area contributed by atoms with Crippen molar-refractivity contribution in [2.24, 2.45) is 0 Å². The lowest BCUT2D eigenvalue weighted by molar-refractivity contribution is -0.115. The van der Waals surface area contributed by atoms with Crippen LogP contribution in [0.2, 0.25) is 0 Å². The lowest BCUT2D eigenvalue weighted by atomic mass is 9.87. The molecule has 0 spiro atoms. The number of rotatable bonds is 8. The van der Waals surface area contributed by atoms with Crippen molar-refractivity contribution >= 4 is 23.4 Å². The monoisotopic (exact) mass is 481 g/mol. The third-order valence-electron chi connectivity index (χ3n) is 5.65. The van der Waals surface area contributed by atoms with Gasteiger partial charge in [-0.3, -0.25) is 4.79 Å². The summed E-state index contributed by atoms with van der Waals surface area (Å²) in [6, 6.07) is 14.1. The van der Waals surface area contributed by atoms with Crippen LogP contribution in [0.15, 0.2) is 47.6 Å². The summed E-state index contributed by atoms with van der Waals surface area (Å²) in [6.45, 7) is 14.7. The Hall–Kier alpha value is -3.00. The second kappa shape index (κ2) is 10.5. The molecular formula is C26H35N5O2S. The van der Waals surface area contributed by atoms with E-state index in [2.05, 4.69) is 62.3 Å². The number of nitrogens with two attached hydrogens (primary N) is 1. The van der Waals surface area contributed by atoms with Gasteiger partial charge in [0.1, 0.15) is 12.4 Å². The number of para-hydroxylation sites is 1. The third-order valence-corrected chi connectivity index (χ3v) is 6.71. The fourth-order valence-corrected chi connectivity index (χ4v) is 4.25. The van der Waals surface area contributed by atoms with E-state index in [0.717, 1.165) is 22.6 Å². The van der Waals surface area contributed by atoms with Crippen LogP contribution in [-0.4, -0.2) is 26.0 Å². The van der Waals surface area contributed by atoms with E-state index >= 15 is 0 Å². The Morgan fingerprint density at radius 1 is 1.12 bits per heavy atom. The number of amides is 1. The summed E-state index contributed by atoms with van der Waals surface area (Å²) >= 11 is 1.26. The van der Waals surface area contributed by atoms with Gasteiger partial charge in [0.15, 0.2) is 5.82 Å². The van der Waals surface area contributed by atoms with Gasteiger partial charge >= 0.3 is 0 Å². The zero-order chi connectivity index (χ0) is 25.0. The second-order valence-corrected chi connectivity index (χ2v) is 11.1. The Kier molecular flexibility index (Phi) is 7.92. The number of nitrogens with one attached hydrogen (secondary N) is 1. The average molecular weight is 482 g/mol. The predicted octanol–water partition coefficient (Wildman–Crippen LogP) is 5.42. The minimum atomic E-state index is -0.412. The number of aromatic nitrogens is 3. The van der Waals surface area contributed by atoms with Gasteiger partial charge in [-0.2, -0.15) is 0 Å². The highest BCUT2D eigenvalue weighted by Crippen LogP contribution is 2.29. The maximum absolute atomic E-state index is 12.9. The number of nitrogen functional groups attached to an aromatic ring is 1. The molecule has 0 bridgehead atoms. The number of hydrogen-bond acceptors (Lipinski definition) is 6. The van der Waals surface area contributed by atoms with E-state index in [1.807, 2.05) is 44.2 Å². The van der Waals surface area contributed by atoms with Gasteiger partial charge in [0, 0.05) is 5.69 Å². The molecule has 8 heteroatoms. The molecule has 3 aromatic rings. The molecule has 182 valence electrons. The Labute approximate surface area is 206 Å². The summed E-state index contributed by atoms with van der Waals surface area (Å²) in [5, 5.41) is 11.4. The number of nitrogens with zero attached hydrogens (tertiary/aromatic N) is 3. The van der Waals surface area contributed by atoms with E-state index in [9.17, 15) is 4.79 Å². The summed E-state index contributed by atoms with van der Waals surface area (Å²) < 4.78 is 7.22. The van der Waals surface area contributed by atoms with Crippen LogP contribution in [0.5, 0.6) is 5.75 Å². The van der Waals surface area contributed by atoms with Crippen LogP contribution < -0.4 is 15.9 Å². The summed E-state index contributed by atoms with van der Waals surface area (Å²) in [5.74, 6) is 7.61. The SMILES string of the molecule is Cc1cccc(C(C)C)c1NC(=O)C(C)Sc1nnc(COc2ccc(C(C)(C)C)cc2)n1N. The van der Waals surface area contributed by atoms with Crippen LogP contribution in [0.3, 0.4) is 0 Å². The number of carbonyl (C=O) groups excluding carboxylic acids is 1. The summed E-state index contributed by atoms with van der Waals surface area (Å²) in [4.78, 5) is 12.9. The molecular weight excluding hydrogens is 446 g/mol. The van der Waals surface area contributed by atoms with Crippen molar-refractivity contribution in [1.82, 2.24) is 14.9 Å². The van der Waals surface area contributed by atoms with Gasteiger partial charge in [-0.1, -0.05) is 76.7 Å². The molecule has 34 heavy (non-hydrogen) atoms. The van der Waals surface area contributed by atoms with Crippen LogP contribution in [0.1, 0.15) is 70.0 Å². The first kappa shape index (κ1) is 25.6. The van der Waals surface area contributed by atoms with Gasteiger partial charge in [-0.15, -0.1) is 10.2 Å². The Morgan fingerprint density at radius 2 is 1.79 bits per heavy atom. The zero-order valence-electron chi connectivity index (χ0n) is 21.0. The van der Waals surface area contributed by atoms with Crippen molar-refractivity contribution in [3.63, 3.8) is 0 Å². The van der Waals surface area contributed by atoms with E-state index < -0.39 is 5.25 Å². The number of thioether (sulfide) groups is 1. The number of aryl methyl sites for hydroxylation is 1. The fourth-order valence-electron chi connectivity index (χ4n) is 3.46. The summed E-state index contributed by atoms with van der Waals surface area (Å²) in [6.07, 6.45) is 0. The highest BCUT2D eigenvalue weighted by atomic mass is 32.2. The average Bonchev–Trinajstić information content (AvgIpc) is 3.12. The first-order chi connectivity index (χ1) is 16.0. The van der Waals surface area contributed by atoms with Crippen molar-refractivity contribution in [3.8, 4) is 5.75 Å². The van der Waals surface area contributed by atoms with Crippen LogP contribution in [0.4, 0.5) is 5.69 Å². The molecule has 0 saturated carbocycles. The minimum absolute atomic E-state index is 0.0840. The maximum Gasteiger partial charge on any atom is 0.237 e. The molecule has 0 radical (unpaired) electrons. The number of benzene rings is 2. The molecule has 0 fully saturated rings. The molecule has 1 amide bonds. The molecule has 3 rings (SSSR count). The molecule has 0 aliphatic carbocycles. The normalized spacial score (nSPS) is 12.6. The maximum atomic E-state index is 12.9. The van der Waals surface area contributed by atoms with Crippen molar-refractivity contribution in [2.75, 3.05) is 11.2 Å². The quantitative estimate of drug-likeness (QED) is 0.329. The van der Waals surface area contributed by atoms with Crippen LogP contribution in [0.25, 0.3) is 0 Å². The van der Waals surface area contributed by atoms with E-state index in [1.54, 1.807) is 0 Å². The lowest BCUT2D eigenvalue weighted by Crippen LogP contribution is -2.25. The Morgan fingerprint density at radius 3 is 2.41 bits per heavy atom. The molecule has 3 N–H and O–H groups in total. The van der Waals surface area contributed by atoms with E-state index in [1.165, 1.54) is 22.0 Å². The highest BCUT2D eigenvalue weighted by Gasteiger charge is 2.21. The topological polar surface area (TPSA) is 95.1 Å². The number of hydrogen-bond donors (Lipinski definition) is 2. The second-order valence-electron chi connectivity index (χ2n) is 9.78. The minimum Gasteiger partial charge on any atom is -0.486 e. The molecule has 1 atom stereocenters. The van der Waals surface area contributed by atoms with Gasteiger partial charge in [0.05, 0.1) is 5.25 Å². The molecule has 7 nitrogen and oxygen atoms in total. The largest absolute Gasteiger partial charge is 0.486 e. The standard InChI is InChI=1S/C26H35N5O2S/c1-16(2)21-10-8-9-17(3)23(21)28-24(32)18(4)34-25-30-29-22(31(25)27)15-33-20-13-11-19(12-14-20)26(5,6)7/h8-14,16,18H,15,27H2,1-7H3,(H,28,32). The van der Waals surface area contributed by atoms with Gasteiger partial charge < -0.3 is 15.9 Å². The smallest absolute Gasteiger partial charge is 0.237 e. The molecule has 0 aliphatic rings. The predicted molar refractivity (Wildman–Crippen MR) is 139 cm³/mol. The van der Waals surface area contributed by atoms with Crippen molar-refractivity contribution in [2.45, 2.75) is 76.8 Å². The zero-order valence-corrected chi connectivity index (χ0v) is 21.9. The van der Waals surface area contributed by atoms with Crippen molar-refractivity contribution < 1.29 is 9.53 Å². The summed E-state index contributed by atoms with van der Waals surface area (Å²) in [7, 11) is 0. The van der Waals surface area contributed by atoms with Crippen molar-refractivity contribution in [1.29, 1.82) is 0 Å². The first-order valence-corrected chi connectivity index (χ1v) is 12.3. The van der Waals surface area contributed by atoms with E-state index in [-0.39, 0.29) is 17.9 Å². The molecule has 0 aliphatic heterocycles. The number of anilines is 1. The van der Waals surface area contributed by atoms with Gasteiger partial charge in [-0.25, -0.2) is 4.68 Å². The Balaban J connectivity index is 1.62. The summed E-state index contributed by atoms with van der Waals surface area (Å²) in [5.41, 5.74) is 4.34. The number of ether oxygens (including phenoxy) is 1. The van der Waals surface area contributed by atoms with E-state index in [0.29, 0.717) is 16.9 Å². The molecule has 0 saturated heterocycles. The molecule has 2 aromatic carbocycles. The van der Waals surface area contributed by atoms with Crippen molar-refractivity contribution in [3.05, 3.63) is 65.0 Å². The fraction of sp³-hybridized carbons (Fsp3) is 0.423. The Bertz CT molecular complexity index is 1130.